The van der Waals surface area contributed by atoms with Gasteiger partial charge < -0.3 is 0 Å². The fourth-order valence-corrected chi connectivity index (χ4v) is 3.98. The van der Waals surface area contributed by atoms with Gasteiger partial charge in [-0.1, -0.05) is 0 Å². The van der Waals surface area contributed by atoms with Gasteiger partial charge in [0.2, 0.25) is 0 Å². The second kappa shape index (κ2) is 3.71. The first-order valence-corrected chi connectivity index (χ1v) is 8.60. The summed E-state index contributed by atoms with van der Waals surface area (Å²) >= 11 is 0. The van der Waals surface area contributed by atoms with Crippen LogP contribution in [0.1, 0.15) is 12.5 Å². The van der Waals surface area contributed by atoms with E-state index in [1.54, 1.807) is 0 Å². The first-order chi connectivity index (χ1) is 7.28. The van der Waals surface area contributed by atoms with Crippen molar-refractivity contribution in [1.82, 2.24) is 9.78 Å². The number of sulfone groups is 1. The highest BCUT2D eigenvalue weighted by atomic mass is 35.7. The summed E-state index contributed by atoms with van der Waals surface area (Å²) in [7, 11) is -1.68. The van der Waals surface area contributed by atoms with Gasteiger partial charge in [-0.25, -0.2) is 16.8 Å². The molecule has 1 aromatic rings. The highest BCUT2D eigenvalue weighted by Gasteiger charge is 2.30. The van der Waals surface area contributed by atoms with Crippen LogP contribution in [-0.4, -0.2) is 38.1 Å². The second-order valence-electron chi connectivity index (χ2n) is 3.65. The number of hydrogen-bond donors (Lipinski definition) is 0. The predicted octanol–water partition coefficient (Wildman–Crippen LogP) is 0.170. The fraction of sp³-hybridized carbons (Fsp3) is 0.571. The van der Waals surface area contributed by atoms with Gasteiger partial charge in [-0.05, 0) is 6.42 Å². The van der Waals surface area contributed by atoms with Gasteiger partial charge >= 0.3 is 0 Å². The van der Waals surface area contributed by atoms with E-state index in [4.69, 9.17) is 10.7 Å². The molecule has 1 aromatic heterocycles. The van der Waals surface area contributed by atoms with Gasteiger partial charge in [-0.3, -0.25) is 4.68 Å². The molecular weight excluding hydrogens is 276 g/mol. The molecule has 2 heterocycles. The number of hydrogen-bond acceptors (Lipinski definition) is 5. The molecule has 1 atom stereocenters. The van der Waals surface area contributed by atoms with Gasteiger partial charge in [-0.15, -0.1) is 0 Å². The molecule has 1 aliphatic heterocycles. The largest absolute Gasteiger partial charge is 0.267 e. The number of aromatic nitrogens is 2. The van der Waals surface area contributed by atoms with E-state index in [1.807, 2.05) is 0 Å². The molecule has 6 nitrogen and oxygen atoms in total. The van der Waals surface area contributed by atoms with Crippen molar-refractivity contribution in [3.05, 3.63) is 12.4 Å². The Morgan fingerprint density at radius 1 is 1.50 bits per heavy atom. The van der Waals surface area contributed by atoms with E-state index in [0.717, 1.165) is 6.20 Å². The van der Waals surface area contributed by atoms with Crippen molar-refractivity contribution < 1.29 is 16.8 Å². The minimum absolute atomic E-state index is 0.00352. The second-order valence-corrected chi connectivity index (χ2v) is 8.45. The molecule has 1 fully saturated rings. The normalized spacial score (nSPS) is 24.7. The maximum absolute atomic E-state index is 11.2. The SMILES string of the molecule is O=S1(=O)CCC(n2cc(S(=O)(=O)Cl)cn2)C1. The third-order valence-electron chi connectivity index (χ3n) is 2.44. The summed E-state index contributed by atoms with van der Waals surface area (Å²) < 4.78 is 45.8. The lowest BCUT2D eigenvalue weighted by atomic mass is 10.3. The summed E-state index contributed by atoms with van der Waals surface area (Å²) in [6.45, 7) is 0. The van der Waals surface area contributed by atoms with Gasteiger partial charge in [0.15, 0.2) is 9.84 Å². The van der Waals surface area contributed by atoms with Crippen molar-refractivity contribution in [2.75, 3.05) is 11.5 Å². The van der Waals surface area contributed by atoms with E-state index >= 15 is 0 Å². The Bertz CT molecular complexity index is 604. The lowest BCUT2D eigenvalue weighted by Crippen LogP contribution is -2.11. The van der Waals surface area contributed by atoms with Crippen LogP contribution in [0.4, 0.5) is 0 Å². The van der Waals surface area contributed by atoms with E-state index in [2.05, 4.69) is 5.10 Å². The molecule has 0 N–H and O–H groups in total. The van der Waals surface area contributed by atoms with E-state index < -0.39 is 18.9 Å². The molecule has 0 spiro atoms. The maximum atomic E-state index is 11.2. The third-order valence-corrected chi connectivity index (χ3v) is 5.50. The Hall–Kier alpha value is -0.600. The topological polar surface area (TPSA) is 86.1 Å². The van der Waals surface area contributed by atoms with Crippen molar-refractivity contribution in [3.8, 4) is 0 Å². The summed E-state index contributed by atoms with van der Waals surface area (Å²) in [6, 6.07) is -0.294. The fourth-order valence-electron chi connectivity index (χ4n) is 1.63. The molecule has 90 valence electrons. The molecule has 0 bridgehead atoms. The van der Waals surface area contributed by atoms with Crippen LogP contribution in [0.5, 0.6) is 0 Å². The van der Waals surface area contributed by atoms with Crippen molar-refractivity contribution in [3.63, 3.8) is 0 Å². The zero-order chi connectivity index (χ0) is 12.0. The average molecular weight is 285 g/mol. The number of halogens is 1. The van der Waals surface area contributed by atoms with Crippen LogP contribution in [0.25, 0.3) is 0 Å². The standard InChI is InChI=1S/C7H9ClN2O4S2/c8-16(13,14)7-3-9-10(4-7)6-1-2-15(11,12)5-6/h3-4,6H,1-2,5H2. The van der Waals surface area contributed by atoms with Crippen molar-refractivity contribution in [2.45, 2.75) is 17.4 Å². The quantitative estimate of drug-likeness (QED) is 0.723. The Kier molecular flexibility index (Phi) is 2.75. The van der Waals surface area contributed by atoms with E-state index in [1.165, 1.54) is 10.9 Å². The van der Waals surface area contributed by atoms with Gasteiger partial charge in [-0.2, -0.15) is 5.10 Å². The van der Waals surface area contributed by atoms with Gasteiger partial charge in [0, 0.05) is 16.9 Å². The summed E-state index contributed by atoms with van der Waals surface area (Å²) in [5.41, 5.74) is 0. The van der Waals surface area contributed by atoms with Gasteiger partial charge in [0.1, 0.15) is 4.90 Å². The van der Waals surface area contributed by atoms with E-state index in [-0.39, 0.29) is 22.4 Å². The Labute approximate surface area is 97.6 Å². The Morgan fingerprint density at radius 3 is 2.62 bits per heavy atom. The van der Waals surface area contributed by atoms with Crippen LogP contribution in [0.15, 0.2) is 17.3 Å². The molecule has 16 heavy (non-hydrogen) atoms. The van der Waals surface area contributed by atoms with Crippen LogP contribution < -0.4 is 0 Å². The molecule has 9 heteroatoms. The summed E-state index contributed by atoms with van der Waals surface area (Å²) in [5.74, 6) is 0.108. The Balaban J connectivity index is 2.28. The van der Waals surface area contributed by atoms with E-state index in [9.17, 15) is 16.8 Å². The van der Waals surface area contributed by atoms with Gasteiger partial charge in [0.25, 0.3) is 9.05 Å². The minimum atomic E-state index is -3.80. The highest BCUT2D eigenvalue weighted by Crippen LogP contribution is 2.24. The third kappa shape index (κ3) is 2.38. The average Bonchev–Trinajstić information content (AvgIpc) is 2.68. The highest BCUT2D eigenvalue weighted by molar-refractivity contribution is 8.13. The zero-order valence-electron chi connectivity index (χ0n) is 8.08. The van der Waals surface area contributed by atoms with E-state index in [0.29, 0.717) is 6.42 Å². The molecule has 0 aliphatic carbocycles. The summed E-state index contributed by atoms with van der Waals surface area (Å²) in [5, 5.41) is 3.82. The van der Waals surface area contributed by atoms with Crippen LogP contribution >= 0.6 is 10.7 Å². The first-order valence-electron chi connectivity index (χ1n) is 4.47. The lowest BCUT2D eigenvalue weighted by Gasteiger charge is -2.06. The van der Waals surface area contributed by atoms with Crippen LogP contribution in [0, 0.1) is 0 Å². The van der Waals surface area contributed by atoms with Gasteiger partial charge in [0.05, 0.1) is 23.7 Å². The predicted molar refractivity (Wildman–Crippen MR) is 57.6 cm³/mol. The number of nitrogens with zero attached hydrogens (tertiary/aromatic N) is 2. The monoisotopic (exact) mass is 284 g/mol. The Morgan fingerprint density at radius 2 is 2.19 bits per heavy atom. The van der Waals surface area contributed by atoms with Crippen molar-refractivity contribution in [2.24, 2.45) is 0 Å². The molecule has 1 saturated heterocycles. The smallest absolute Gasteiger partial charge is 0.264 e. The molecule has 1 unspecified atom stereocenters. The molecule has 0 radical (unpaired) electrons. The first kappa shape index (κ1) is 11.9. The minimum Gasteiger partial charge on any atom is -0.267 e. The summed E-state index contributed by atoms with van der Waals surface area (Å²) in [6.07, 6.45) is 2.83. The molecule has 0 amide bonds. The molecule has 0 aromatic carbocycles. The zero-order valence-corrected chi connectivity index (χ0v) is 10.5. The van der Waals surface area contributed by atoms with Crippen LogP contribution in [-0.2, 0) is 18.9 Å². The molecule has 0 saturated carbocycles. The van der Waals surface area contributed by atoms with Crippen LogP contribution in [0.2, 0.25) is 0 Å². The lowest BCUT2D eigenvalue weighted by molar-refractivity contribution is 0.498. The van der Waals surface area contributed by atoms with Crippen molar-refractivity contribution in [1.29, 1.82) is 0 Å². The molecule has 2 rings (SSSR count). The summed E-state index contributed by atoms with van der Waals surface area (Å²) in [4.78, 5) is -0.113. The molecule has 1 aliphatic rings. The van der Waals surface area contributed by atoms with Crippen molar-refractivity contribution >= 4 is 29.6 Å². The molecular formula is C7H9ClN2O4S2. The maximum Gasteiger partial charge on any atom is 0.264 e. The van der Waals surface area contributed by atoms with Crippen LogP contribution in [0.3, 0.4) is 0 Å². The number of rotatable bonds is 2.